The smallest absolute Gasteiger partial charge is 0.250 e. The van der Waals surface area contributed by atoms with Crippen LogP contribution >= 0.6 is 0 Å². The van der Waals surface area contributed by atoms with Crippen LogP contribution in [-0.2, 0) is 6.54 Å². The summed E-state index contributed by atoms with van der Waals surface area (Å²) in [5.74, 6) is 0.304. The van der Waals surface area contributed by atoms with E-state index in [9.17, 15) is 4.39 Å². The standard InChI is InChI=1S/C16H27FN2O/c1-12(2)10-18-11-13-6-8-19-15(14(13)17)20-9-7-16(3,4)5/h6,8,12,18H,7,9-11H2,1-5H3. The number of nitrogens with zero attached hydrogens (tertiary/aromatic N) is 1. The van der Waals surface area contributed by atoms with Crippen LogP contribution in [0.4, 0.5) is 4.39 Å². The van der Waals surface area contributed by atoms with E-state index in [4.69, 9.17) is 4.74 Å². The van der Waals surface area contributed by atoms with Crippen LogP contribution in [0.2, 0.25) is 0 Å². The molecule has 4 heteroatoms. The maximum atomic E-state index is 14.2. The highest BCUT2D eigenvalue weighted by molar-refractivity contribution is 5.23. The molecule has 0 saturated heterocycles. The lowest BCUT2D eigenvalue weighted by atomic mass is 9.93. The summed E-state index contributed by atoms with van der Waals surface area (Å²) in [6, 6.07) is 1.69. The van der Waals surface area contributed by atoms with E-state index in [0.29, 0.717) is 24.6 Å². The maximum Gasteiger partial charge on any atom is 0.250 e. The Morgan fingerprint density at radius 2 is 2.05 bits per heavy atom. The van der Waals surface area contributed by atoms with Crippen molar-refractivity contribution in [3.05, 3.63) is 23.6 Å². The molecule has 0 aliphatic heterocycles. The number of pyridine rings is 1. The van der Waals surface area contributed by atoms with Crippen molar-refractivity contribution in [1.82, 2.24) is 10.3 Å². The molecule has 0 unspecified atom stereocenters. The molecule has 0 aliphatic rings. The third-order valence-corrected chi connectivity index (χ3v) is 2.90. The first kappa shape index (κ1) is 16.9. The fraction of sp³-hybridized carbons (Fsp3) is 0.688. The van der Waals surface area contributed by atoms with E-state index in [1.54, 1.807) is 12.3 Å². The van der Waals surface area contributed by atoms with Crippen LogP contribution in [0.5, 0.6) is 5.88 Å². The van der Waals surface area contributed by atoms with Gasteiger partial charge in [-0.1, -0.05) is 34.6 Å². The largest absolute Gasteiger partial charge is 0.476 e. The average molecular weight is 282 g/mol. The Balaban J connectivity index is 2.56. The molecule has 1 aromatic rings. The van der Waals surface area contributed by atoms with Gasteiger partial charge in [0.15, 0.2) is 5.82 Å². The summed E-state index contributed by atoms with van der Waals surface area (Å²) in [7, 11) is 0. The Morgan fingerprint density at radius 3 is 2.65 bits per heavy atom. The first-order chi connectivity index (χ1) is 9.29. The van der Waals surface area contributed by atoms with Crippen molar-refractivity contribution in [2.45, 2.75) is 47.6 Å². The SMILES string of the molecule is CC(C)CNCc1ccnc(OCCC(C)(C)C)c1F. The molecule has 0 fully saturated rings. The molecule has 1 N–H and O–H groups in total. The Kier molecular flexibility index (Phi) is 6.40. The zero-order valence-corrected chi connectivity index (χ0v) is 13.3. The second kappa shape index (κ2) is 7.58. The summed E-state index contributed by atoms with van der Waals surface area (Å²) < 4.78 is 19.7. The quantitative estimate of drug-likeness (QED) is 0.826. The molecule has 0 amide bonds. The number of rotatable bonds is 7. The molecular formula is C16H27FN2O. The van der Waals surface area contributed by atoms with E-state index in [2.05, 4.69) is 44.9 Å². The Labute approximate surface area is 121 Å². The lowest BCUT2D eigenvalue weighted by Crippen LogP contribution is -2.20. The molecule has 0 aromatic carbocycles. The molecule has 0 spiro atoms. The summed E-state index contributed by atoms with van der Waals surface area (Å²) in [5.41, 5.74) is 0.777. The minimum absolute atomic E-state index is 0.109. The summed E-state index contributed by atoms with van der Waals surface area (Å²) >= 11 is 0. The number of hydrogen-bond acceptors (Lipinski definition) is 3. The van der Waals surface area contributed by atoms with Crippen LogP contribution in [0.1, 0.15) is 46.6 Å². The topological polar surface area (TPSA) is 34.2 Å². The number of halogens is 1. The van der Waals surface area contributed by atoms with Crippen molar-refractivity contribution in [1.29, 1.82) is 0 Å². The lowest BCUT2D eigenvalue weighted by Gasteiger charge is -2.18. The van der Waals surface area contributed by atoms with Crippen LogP contribution in [0, 0.1) is 17.2 Å². The van der Waals surface area contributed by atoms with Crippen molar-refractivity contribution < 1.29 is 9.13 Å². The first-order valence-electron chi connectivity index (χ1n) is 7.26. The number of aromatic nitrogens is 1. The van der Waals surface area contributed by atoms with E-state index in [1.165, 1.54) is 0 Å². The van der Waals surface area contributed by atoms with Gasteiger partial charge < -0.3 is 10.1 Å². The van der Waals surface area contributed by atoms with Gasteiger partial charge in [0.25, 0.3) is 5.88 Å². The third-order valence-electron chi connectivity index (χ3n) is 2.90. The maximum absolute atomic E-state index is 14.2. The second-order valence-corrected chi connectivity index (χ2v) is 6.77. The van der Waals surface area contributed by atoms with Gasteiger partial charge in [-0.2, -0.15) is 0 Å². The summed E-state index contributed by atoms with van der Waals surface area (Å²) in [6.45, 7) is 12.5. The van der Waals surface area contributed by atoms with Crippen LogP contribution in [-0.4, -0.2) is 18.1 Å². The van der Waals surface area contributed by atoms with Gasteiger partial charge in [-0.15, -0.1) is 0 Å². The number of nitrogens with one attached hydrogen (secondary N) is 1. The van der Waals surface area contributed by atoms with Crippen molar-refractivity contribution in [3.8, 4) is 5.88 Å². The summed E-state index contributed by atoms with van der Waals surface area (Å²) in [4.78, 5) is 3.98. The van der Waals surface area contributed by atoms with Crippen LogP contribution in [0.15, 0.2) is 12.3 Å². The molecule has 1 aromatic heterocycles. The summed E-state index contributed by atoms with van der Waals surface area (Å²) in [6.07, 6.45) is 2.46. The zero-order chi connectivity index (χ0) is 15.2. The van der Waals surface area contributed by atoms with Crippen LogP contribution in [0.25, 0.3) is 0 Å². The van der Waals surface area contributed by atoms with E-state index >= 15 is 0 Å². The highest BCUT2D eigenvalue weighted by Crippen LogP contribution is 2.21. The van der Waals surface area contributed by atoms with Gasteiger partial charge in [0.05, 0.1) is 6.61 Å². The van der Waals surface area contributed by atoms with Gasteiger partial charge >= 0.3 is 0 Å². The van der Waals surface area contributed by atoms with Crippen molar-refractivity contribution in [3.63, 3.8) is 0 Å². The van der Waals surface area contributed by atoms with Crippen LogP contribution in [0.3, 0.4) is 0 Å². The minimum atomic E-state index is -0.349. The Hall–Kier alpha value is -1.16. The molecule has 0 atom stereocenters. The molecule has 1 heterocycles. The molecule has 114 valence electrons. The second-order valence-electron chi connectivity index (χ2n) is 6.77. The van der Waals surface area contributed by atoms with Gasteiger partial charge in [-0.25, -0.2) is 9.37 Å². The molecule has 0 aliphatic carbocycles. The van der Waals surface area contributed by atoms with Gasteiger partial charge in [0, 0.05) is 18.3 Å². The summed E-state index contributed by atoms with van der Waals surface area (Å²) in [5, 5.41) is 3.23. The van der Waals surface area contributed by atoms with E-state index in [0.717, 1.165) is 13.0 Å². The minimum Gasteiger partial charge on any atom is -0.476 e. The highest BCUT2D eigenvalue weighted by atomic mass is 19.1. The fourth-order valence-electron chi connectivity index (χ4n) is 1.65. The van der Waals surface area contributed by atoms with Gasteiger partial charge in [-0.05, 0) is 30.4 Å². The monoisotopic (exact) mass is 282 g/mol. The predicted octanol–water partition coefficient (Wildman–Crippen LogP) is 3.78. The van der Waals surface area contributed by atoms with Crippen molar-refractivity contribution in [2.24, 2.45) is 11.3 Å². The third kappa shape index (κ3) is 6.33. The highest BCUT2D eigenvalue weighted by Gasteiger charge is 2.13. The average Bonchev–Trinajstić information content (AvgIpc) is 2.31. The Morgan fingerprint density at radius 1 is 1.35 bits per heavy atom. The predicted molar refractivity (Wildman–Crippen MR) is 80.3 cm³/mol. The molecular weight excluding hydrogens is 255 g/mol. The van der Waals surface area contributed by atoms with E-state index in [-0.39, 0.29) is 17.1 Å². The number of hydrogen-bond donors (Lipinski definition) is 1. The van der Waals surface area contributed by atoms with Gasteiger partial charge in [-0.3, -0.25) is 0 Å². The first-order valence-corrected chi connectivity index (χ1v) is 7.26. The number of ether oxygens (including phenoxy) is 1. The van der Waals surface area contributed by atoms with Crippen molar-refractivity contribution in [2.75, 3.05) is 13.2 Å². The van der Waals surface area contributed by atoms with E-state index in [1.807, 2.05) is 0 Å². The normalized spacial score (nSPS) is 11.9. The fourth-order valence-corrected chi connectivity index (χ4v) is 1.65. The molecule has 3 nitrogen and oxygen atoms in total. The zero-order valence-electron chi connectivity index (χ0n) is 13.3. The lowest BCUT2D eigenvalue weighted by molar-refractivity contribution is 0.227. The van der Waals surface area contributed by atoms with Crippen molar-refractivity contribution >= 4 is 0 Å². The van der Waals surface area contributed by atoms with Gasteiger partial charge in [0.2, 0.25) is 0 Å². The van der Waals surface area contributed by atoms with E-state index < -0.39 is 0 Å². The Bertz CT molecular complexity index is 413. The molecule has 0 radical (unpaired) electrons. The molecule has 20 heavy (non-hydrogen) atoms. The van der Waals surface area contributed by atoms with Gasteiger partial charge in [0.1, 0.15) is 0 Å². The van der Waals surface area contributed by atoms with Crippen LogP contribution < -0.4 is 10.1 Å². The molecule has 1 rings (SSSR count). The molecule has 0 bridgehead atoms. The molecule has 0 saturated carbocycles.